The highest BCUT2D eigenvalue weighted by atomic mass is 35.5. The molecule has 2 atom stereocenters. The number of halogens is 1. The van der Waals surface area contributed by atoms with E-state index in [0.29, 0.717) is 17.9 Å². The largest absolute Gasteiger partial charge is 0.480 e. The Labute approximate surface area is 140 Å². The van der Waals surface area contributed by atoms with E-state index in [9.17, 15) is 9.90 Å². The topological polar surface area (TPSA) is 53.4 Å². The molecule has 23 heavy (non-hydrogen) atoms. The van der Waals surface area contributed by atoms with Crippen LogP contribution in [0.15, 0.2) is 48.7 Å². The van der Waals surface area contributed by atoms with E-state index in [1.807, 2.05) is 42.5 Å². The lowest BCUT2D eigenvalue weighted by Crippen LogP contribution is -2.39. The Bertz CT molecular complexity index is 678. The van der Waals surface area contributed by atoms with Gasteiger partial charge in [0.25, 0.3) is 0 Å². The fourth-order valence-corrected chi connectivity index (χ4v) is 3.48. The number of nitrogens with zero attached hydrogens (tertiary/aromatic N) is 2. The summed E-state index contributed by atoms with van der Waals surface area (Å²) in [5.74, 6) is -0.754. The molecule has 1 N–H and O–H groups in total. The third kappa shape index (κ3) is 3.71. The summed E-state index contributed by atoms with van der Waals surface area (Å²) in [5.41, 5.74) is 1.99. The molecule has 2 unspecified atom stereocenters. The minimum Gasteiger partial charge on any atom is -0.480 e. The molecule has 1 aromatic carbocycles. The van der Waals surface area contributed by atoms with Gasteiger partial charge in [0.15, 0.2) is 0 Å². The lowest BCUT2D eigenvalue weighted by molar-refractivity contribution is -0.143. The first-order chi connectivity index (χ1) is 11.1. The fraction of sp³-hybridized carbons (Fsp3) is 0.333. The molecule has 1 aliphatic heterocycles. The molecule has 1 fully saturated rings. The molecule has 2 aromatic rings. The second-order valence-electron chi connectivity index (χ2n) is 5.83. The Hall–Kier alpha value is -1.91. The molecule has 3 rings (SSSR count). The average Bonchev–Trinajstić information content (AvgIpc) is 3.03. The van der Waals surface area contributed by atoms with E-state index in [4.69, 9.17) is 11.6 Å². The second kappa shape index (κ2) is 7.11. The lowest BCUT2D eigenvalue weighted by Gasteiger charge is -2.31. The van der Waals surface area contributed by atoms with Crippen molar-refractivity contribution in [1.29, 1.82) is 0 Å². The van der Waals surface area contributed by atoms with Crippen molar-refractivity contribution < 1.29 is 9.90 Å². The molecule has 1 aromatic heterocycles. The predicted molar refractivity (Wildman–Crippen MR) is 89.5 cm³/mol. The maximum absolute atomic E-state index is 11.6. The number of carboxylic acid groups (broad SMARTS) is 1. The summed E-state index contributed by atoms with van der Waals surface area (Å²) >= 11 is 6.15. The Morgan fingerprint density at radius 3 is 2.91 bits per heavy atom. The molecule has 4 nitrogen and oxygen atoms in total. The number of aromatic nitrogens is 1. The smallest absolute Gasteiger partial charge is 0.320 e. The molecule has 120 valence electrons. The molecule has 5 heteroatoms. The zero-order valence-corrected chi connectivity index (χ0v) is 13.5. The summed E-state index contributed by atoms with van der Waals surface area (Å²) in [5, 5.41) is 10.2. The standard InChI is InChI=1S/C18H19ClN2O2/c19-14-6-3-5-13(11-14)17(12-15-7-1-2-9-20-15)21-10-4-8-16(21)18(22)23/h1-3,5-7,9,11,16-17H,4,8,10,12H2,(H,22,23). The molecule has 1 aliphatic rings. The molecule has 1 saturated heterocycles. The van der Waals surface area contributed by atoms with Crippen molar-refractivity contribution in [3.63, 3.8) is 0 Å². The van der Waals surface area contributed by atoms with Gasteiger partial charge < -0.3 is 5.11 Å². The maximum Gasteiger partial charge on any atom is 0.320 e. The zero-order chi connectivity index (χ0) is 16.2. The molecular weight excluding hydrogens is 312 g/mol. The third-order valence-corrected chi connectivity index (χ3v) is 4.58. The Morgan fingerprint density at radius 2 is 2.22 bits per heavy atom. The van der Waals surface area contributed by atoms with E-state index in [-0.39, 0.29) is 6.04 Å². The number of pyridine rings is 1. The van der Waals surface area contributed by atoms with Gasteiger partial charge in [0.05, 0.1) is 0 Å². The van der Waals surface area contributed by atoms with Crippen LogP contribution >= 0.6 is 11.6 Å². The first-order valence-corrected chi connectivity index (χ1v) is 8.17. The maximum atomic E-state index is 11.6. The molecule has 0 aliphatic carbocycles. The van der Waals surface area contributed by atoms with Crippen LogP contribution in [0.5, 0.6) is 0 Å². The van der Waals surface area contributed by atoms with Gasteiger partial charge in [-0.2, -0.15) is 0 Å². The van der Waals surface area contributed by atoms with Crippen LogP contribution in [0, 0.1) is 0 Å². The minimum atomic E-state index is -0.754. The highest BCUT2D eigenvalue weighted by molar-refractivity contribution is 6.30. The van der Waals surface area contributed by atoms with Gasteiger partial charge in [-0.15, -0.1) is 0 Å². The third-order valence-electron chi connectivity index (χ3n) is 4.34. The predicted octanol–water partition coefficient (Wildman–Crippen LogP) is 3.57. The number of carboxylic acids is 1. The van der Waals surface area contributed by atoms with Crippen LogP contribution in [0.1, 0.15) is 30.1 Å². The first kappa shape index (κ1) is 16.0. The molecule has 0 spiro atoms. The normalized spacial score (nSPS) is 19.6. The lowest BCUT2D eigenvalue weighted by atomic mass is 9.99. The van der Waals surface area contributed by atoms with Gasteiger partial charge in [0.2, 0.25) is 0 Å². The van der Waals surface area contributed by atoms with Crippen molar-refractivity contribution in [2.45, 2.75) is 31.3 Å². The molecule has 2 heterocycles. The minimum absolute atomic E-state index is 0.0350. The Morgan fingerprint density at radius 1 is 1.35 bits per heavy atom. The Kier molecular flexibility index (Phi) is 4.94. The summed E-state index contributed by atoms with van der Waals surface area (Å²) in [7, 11) is 0. The summed E-state index contributed by atoms with van der Waals surface area (Å²) in [6, 6.07) is 13.0. The van der Waals surface area contributed by atoms with E-state index in [1.165, 1.54) is 0 Å². The molecule has 0 radical (unpaired) electrons. The van der Waals surface area contributed by atoms with Gasteiger partial charge >= 0.3 is 5.97 Å². The van der Waals surface area contributed by atoms with E-state index in [2.05, 4.69) is 9.88 Å². The van der Waals surface area contributed by atoms with Gasteiger partial charge in [-0.05, 0) is 49.2 Å². The summed E-state index contributed by atoms with van der Waals surface area (Å²) in [4.78, 5) is 18.1. The number of hydrogen-bond acceptors (Lipinski definition) is 3. The van der Waals surface area contributed by atoms with Crippen molar-refractivity contribution in [3.8, 4) is 0 Å². The molecular formula is C18H19ClN2O2. The van der Waals surface area contributed by atoms with Crippen LogP contribution < -0.4 is 0 Å². The van der Waals surface area contributed by atoms with E-state index >= 15 is 0 Å². The van der Waals surface area contributed by atoms with Crippen molar-refractivity contribution in [3.05, 3.63) is 64.9 Å². The fourth-order valence-electron chi connectivity index (χ4n) is 3.28. The van der Waals surface area contributed by atoms with Crippen LogP contribution in [0.4, 0.5) is 0 Å². The molecule has 0 bridgehead atoms. The van der Waals surface area contributed by atoms with Crippen LogP contribution in [-0.2, 0) is 11.2 Å². The highest BCUT2D eigenvalue weighted by Gasteiger charge is 2.36. The van der Waals surface area contributed by atoms with Gasteiger partial charge in [0.1, 0.15) is 6.04 Å². The van der Waals surface area contributed by atoms with Crippen LogP contribution in [0.25, 0.3) is 0 Å². The number of hydrogen-bond donors (Lipinski definition) is 1. The van der Waals surface area contributed by atoms with Gasteiger partial charge in [0, 0.05) is 29.4 Å². The van der Waals surface area contributed by atoms with Gasteiger partial charge in [-0.3, -0.25) is 14.7 Å². The van der Waals surface area contributed by atoms with Crippen molar-refractivity contribution in [1.82, 2.24) is 9.88 Å². The summed E-state index contributed by atoms with van der Waals surface area (Å²) in [6.45, 7) is 0.779. The monoisotopic (exact) mass is 330 g/mol. The number of likely N-dealkylation sites (tertiary alicyclic amines) is 1. The SMILES string of the molecule is O=C(O)C1CCCN1C(Cc1ccccn1)c1cccc(Cl)c1. The van der Waals surface area contributed by atoms with Crippen molar-refractivity contribution in [2.75, 3.05) is 6.54 Å². The van der Waals surface area contributed by atoms with Crippen LogP contribution in [0.3, 0.4) is 0 Å². The van der Waals surface area contributed by atoms with E-state index in [1.54, 1.807) is 6.20 Å². The highest BCUT2D eigenvalue weighted by Crippen LogP contribution is 2.33. The van der Waals surface area contributed by atoms with Crippen LogP contribution in [0.2, 0.25) is 5.02 Å². The van der Waals surface area contributed by atoms with Crippen molar-refractivity contribution in [2.24, 2.45) is 0 Å². The number of aliphatic carboxylic acids is 1. The first-order valence-electron chi connectivity index (χ1n) is 7.79. The second-order valence-corrected chi connectivity index (χ2v) is 6.27. The van der Waals surface area contributed by atoms with Crippen molar-refractivity contribution >= 4 is 17.6 Å². The van der Waals surface area contributed by atoms with Gasteiger partial charge in [-0.1, -0.05) is 29.8 Å². The summed E-state index contributed by atoms with van der Waals surface area (Å²) < 4.78 is 0. The van der Waals surface area contributed by atoms with Gasteiger partial charge in [-0.25, -0.2) is 0 Å². The Balaban J connectivity index is 1.94. The van der Waals surface area contributed by atoms with Crippen LogP contribution in [-0.4, -0.2) is 33.5 Å². The quantitative estimate of drug-likeness (QED) is 0.910. The van der Waals surface area contributed by atoms with E-state index in [0.717, 1.165) is 24.2 Å². The average molecular weight is 331 g/mol. The number of benzene rings is 1. The van der Waals surface area contributed by atoms with E-state index < -0.39 is 12.0 Å². The summed E-state index contributed by atoms with van der Waals surface area (Å²) in [6.07, 6.45) is 4.03. The number of rotatable bonds is 5. The molecule has 0 saturated carbocycles. The zero-order valence-electron chi connectivity index (χ0n) is 12.7. The number of carbonyl (C=O) groups is 1. The molecule has 0 amide bonds.